The quantitative estimate of drug-likeness (QED) is 0.701. The summed E-state index contributed by atoms with van der Waals surface area (Å²) in [6.45, 7) is 3.51. The molecular formula is C26H26N2O. The van der Waals surface area contributed by atoms with Crippen LogP contribution in [0.4, 0.5) is 0 Å². The highest BCUT2D eigenvalue weighted by Crippen LogP contribution is 2.41. The van der Waals surface area contributed by atoms with Crippen LogP contribution in [-0.4, -0.2) is 30.4 Å². The minimum absolute atomic E-state index is 0.0669. The molecule has 3 aromatic carbocycles. The summed E-state index contributed by atoms with van der Waals surface area (Å²) in [5.74, 6) is 0.136. The van der Waals surface area contributed by atoms with E-state index < -0.39 is 0 Å². The molecule has 1 saturated heterocycles. The second-order valence-corrected chi connectivity index (χ2v) is 8.26. The zero-order valence-corrected chi connectivity index (χ0v) is 16.6. The number of hydrogen-bond acceptors (Lipinski definition) is 2. The molecule has 3 heteroatoms. The van der Waals surface area contributed by atoms with Crippen LogP contribution in [-0.2, 0) is 12.0 Å². The van der Waals surface area contributed by atoms with Crippen molar-refractivity contribution in [3.63, 3.8) is 0 Å². The van der Waals surface area contributed by atoms with E-state index in [1.807, 2.05) is 36.4 Å². The first kappa shape index (κ1) is 18.1. The predicted molar refractivity (Wildman–Crippen MR) is 117 cm³/mol. The number of fused-ring (bicyclic) bond motifs is 2. The van der Waals surface area contributed by atoms with Gasteiger partial charge in [0.15, 0.2) is 0 Å². The summed E-state index contributed by atoms with van der Waals surface area (Å²) in [5.41, 5.74) is 5.70. The predicted octanol–water partition coefficient (Wildman–Crippen LogP) is 4.63. The van der Waals surface area contributed by atoms with E-state index in [1.54, 1.807) is 0 Å². The van der Waals surface area contributed by atoms with Gasteiger partial charge in [-0.1, -0.05) is 72.8 Å². The van der Waals surface area contributed by atoms with Crippen molar-refractivity contribution in [1.82, 2.24) is 10.2 Å². The SMILES string of the molecule is O=C(c1ccccc1-c1ccccc1)N1Cc2ccccc2C2(CCNCC2)C1. The molecule has 1 fully saturated rings. The van der Waals surface area contributed by atoms with Crippen LogP contribution in [0.1, 0.15) is 34.3 Å². The van der Waals surface area contributed by atoms with E-state index in [2.05, 4.69) is 52.7 Å². The van der Waals surface area contributed by atoms with Gasteiger partial charge in [-0.05, 0) is 54.3 Å². The number of nitrogens with zero attached hydrogens (tertiary/aromatic N) is 1. The second kappa shape index (κ2) is 7.49. The van der Waals surface area contributed by atoms with E-state index in [4.69, 9.17) is 0 Å². The Labute approximate surface area is 172 Å². The molecule has 0 bridgehead atoms. The van der Waals surface area contributed by atoms with E-state index in [9.17, 15) is 4.79 Å². The largest absolute Gasteiger partial charge is 0.333 e. The van der Waals surface area contributed by atoms with Crippen molar-refractivity contribution >= 4 is 5.91 Å². The summed E-state index contributed by atoms with van der Waals surface area (Å²) >= 11 is 0. The molecule has 0 atom stereocenters. The van der Waals surface area contributed by atoms with Crippen molar-refractivity contribution in [2.45, 2.75) is 24.8 Å². The molecule has 29 heavy (non-hydrogen) atoms. The summed E-state index contributed by atoms with van der Waals surface area (Å²) in [7, 11) is 0. The lowest BCUT2D eigenvalue weighted by molar-refractivity contribution is 0.0642. The average Bonchev–Trinajstić information content (AvgIpc) is 2.80. The fourth-order valence-electron chi connectivity index (χ4n) is 5.07. The van der Waals surface area contributed by atoms with Gasteiger partial charge in [-0.3, -0.25) is 4.79 Å². The third-order valence-corrected chi connectivity index (χ3v) is 6.53. The Morgan fingerprint density at radius 1 is 0.828 bits per heavy atom. The lowest BCUT2D eigenvalue weighted by atomic mass is 9.69. The topological polar surface area (TPSA) is 32.3 Å². The fourth-order valence-corrected chi connectivity index (χ4v) is 5.07. The lowest BCUT2D eigenvalue weighted by Crippen LogP contribution is -2.52. The Balaban J connectivity index is 1.54. The third kappa shape index (κ3) is 3.26. The van der Waals surface area contributed by atoms with Gasteiger partial charge in [0, 0.05) is 24.1 Å². The van der Waals surface area contributed by atoms with Gasteiger partial charge in [-0.15, -0.1) is 0 Å². The molecule has 146 valence electrons. The van der Waals surface area contributed by atoms with Crippen molar-refractivity contribution in [1.29, 1.82) is 0 Å². The van der Waals surface area contributed by atoms with Gasteiger partial charge in [0.2, 0.25) is 0 Å². The first-order chi connectivity index (χ1) is 14.3. The third-order valence-electron chi connectivity index (χ3n) is 6.53. The Morgan fingerprint density at radius 2 is 1.52 bits per heavy atom. The summed E-state index contributed by atoms with van der Waals surface area (Å²) in [5, 5.41) is 3.49. The lowest BCUT2D eigenvalue weighted by Gasteiger charge is -2.46. The average molecular weight is 383 g/mol. The van der Waals surface area contributed by atoms with Gasteiger partial charge < -0.3 is 10.2 Å². The van der Waals surface area contributed by atoms with Crippen molar-refractivity contribution in [2.75, 3.05) is 19.6 Å². The van der Waals surface area contributed by atoms with Crippen LogP contribution in [0.2, 0.25) is 0 Å². The van der Waals surface area contributed by atoms with Crippen LogP contribution < -0.4 is 5.32 Å². The minimum atomic E-state index is 0.0669. The van der Waals surface area contributed by atoms with E-state index >= 15 is 0 Å². The molecule has 2 heterocycles. The Hall–Kier alpha value is -2.91. The Bertz CT molecular complexity index is 1020. The molecule has 0 unspecified atom stereocenters. The van der Waals surface area contributed by atoms with Gasteiger partial charge in [0.25, 0.3) is 5.91 Å². The molecule has 1 amide bonds. The van der Waals surface area contributed by atoms with Gasteiger partial charge in [-0.25, -0.2) is 0 Å². The molecule has 0 aromatic heterocycles. The number of hydrogen-bond donors (Lipinski definition) is 1. The normalized spacial score (nSPS) is 17.7. The maximum absolute atomic E-state index is 13.7. The smallest absolute Gasteiger partial charge is 0.254 e. The van der Waals surface area contributed by atoms with Crippen LogP contribution in [0, 0.1) is 0 Å². The first-order valence-corrected chi connectivity index (χ1v) is 10.5. The van der Waals surface area contributed by atoms with Crippen LogP contribution in [0.3, 0.4) is 0 Å². The van der Waals surface area contributed by atoms with Gasteiger partial charge in [0.1, 0.15) is 0 Å². The molecule has 0 radical (unpaired) electrons. The molecule has 2 aliphatic rings. The zero-order chi connectivity index (χ0) is 19.7. The molecule has 5 rings (SSSR count). The Morgan fingerprint density at radius 3 is 2.34 bits per heavy atom. The number of rotatable bonds is 2. The zero-order valence-electron chi connectivity index (χ0n) is 16.6. The van der Waals surface area contributed by atoms with E-state index in [0.29, 0.717) is 6.54 Å². The number of benzene rings is 3. The maximum atomic E-state index is 13.7. The number of nitrogens with one attached hydrogen (secondary N) is 1. The summed E-state index contributed by atoms with van der Waals surface area (Å²) in [4.78, 5) is 15.8. The van der Waals surface area contributed by atoms with E-state index in [0.717, 1.165) is 49.2 Å². The van der Waals surface area contributed by atoms with Crippen molar-refractivity contribution in [3.8, 4) is 11.1 Å². The number of amides is 1. The summed E-state index contributed by atoms with van der Waals surface area (Å²) in [6.07, 6.45) is 2.16. The minimum Gasteiger partial charge on any atom is -0.333 e. The monoisotopic (exact) mass is 382 g/mol. The summed E-state index contributed by atoms with van der Waals surface area (Å²) in [6, 6.07) is 26.9. The molecule has 1 N–H and O–H groups in total. The first-order valence-electron chi connectivity index (χ1n) is 10.5. The maximum Gasteiger partial charge on any atom is 0.254 e. The molecule has 2 aliphatic heterocycles. The van der Waals surface area contributed by atoms with Crippen molar-refractivity contribution in [2.24, 2.45) is 0 Å². The molecule has 1 spiro atoms. The molecular weight excluding hydrogens is 356 g/mol. The number of carbonyl (C=O) groups is 1. The van der Waals surface area contributed by atoms with E-state index in [-0.39, 0.29) is 11.3 Å². The fraction of sp³-hybridized carbons (Fsp3) is 0.269. The van der Waals surface area contributed by atoms with Crippen LogP contribution in [0.15, 0.2) is 78.9 Å². The summed E-state index contributed by atoms with van der Waals surface area (Å²) < 4.78 is 0. The highest BCUT2D eigenvalue weighted by Gasteiger charge is 2.41. The Kier molecular flexibility index (Phi) is 4.69. The molecule has 3 aromatic rings. The van der Waals surface area contributed by atoms with Gasteiger partial charge in [-0.2, -0.15) is 0 Å². The molecule has 0 aliphatic carbocycles. The van der Waals surface area contributed by atoms with Crippen molar-refractivity contribution < 1.29 is 4.79 Å². The van der Waals surface area contributed by atoms with Crippen LogP contribution in [0.25, 0.3) is 11.1 Å². The number of carbonyl (C=O) groups excluding carboxylic acids is 1. The van der Waals surface area contributed by atoms with Crippen LogP contribution in [0.5, 0.6) is 0 Å². The second-order valence-electron chi connectivity index (χ2n) is 8.26. The van der Waals surface area contributed by atoms with E-state index in [1.165, 1.54) is 11.1 Å². The molecule has 3 nitrogen and oxygen atoms in total. The van der Waals surface area contributed by atoms with Gasteiger partial charge in [0.05, 0.1) is 0 Å². The molecule has 0 saturated carbocycles. The highest BCUT2D eigenvalue weighted by molar-refractivity contribution is 6.01. The van der Waals surface area contributed by atoms with Crippen molar-refractivity contribution in [3.05, 3.63) is 95.6 Å². The number of piperidine rings is 1. The van der Waals surface area contributed by atoms with Crippen LogP contribution >= 0.6 is 0 Å². The highest BCUT2D eigenvalue weighted by atomic mass is 16.2. The van der Waals surface area contributed by atoms with Gasteiger partial charge >= 0.3 is 0 Å². The standard InChI is InChI=1S/C26H26N2O/c29-25(23-12-6-5-11-22(23)20-8-2-1-3-9-20)28-18-21-10-4-7-13-24(21)26(19-28)14-16-27-17-15-26/h1-13,27H,14-19H2.